The fraction of sp³-hybridized carbons (Fsp3) is 0.471. The third-order valence-corrected chi connectivity index (χ3v) is 4.20. The van der Waals surface area contributed by atoms with Crippen LogP contribution in [0.15, 0.2) is 18.2 Å². The van der Waals surface area contributed by atoms with Crippen LogP contribution in [0.1, 0.15) is 40.2 Å². The van der Waals surface area contributed by atoms with Gasteiger partial charge in [0.05, 0.1) is 17.5 Å². The summed E-state index contributed by atoms with van der Waals surface area (Å²) in [5.41, 5.74) is 4.34. The van der Waals surface area contributed by atoms with E-state index in [0.29, 0.717) is 12.2 Å². The average Bonchev–Trinajstić information content (AvgIpc) is 3.15. The molecule has 1 atom stereocenters. The number of amides is 1. The highest BCUT2D eigenvalue weighted by molar-refractivity contribution is 5.93. The number of nitrogens with zero attached hydrogens (tertiary/aromatic N) is 3. The lowest BCUT2D eigenvalue weighted by molar-refractivity contribution is 0.0853. The van der Waals surface area contributed by atoms with Crippen LogP contribution in [0.25, 0.3) is 5.69 Å². The molecular weight excluding hydrogens is 292 g/mol. The Morgan fingerprint density at radius 1 is 1.39 bits per heavy atom. The SMILES string of the molecule is Cc1ccc(-n2nnc(C(=O)NCC3CCCO3)c2C)c(C)c1. The molecule has 6 nitrogen and oxygen atoms in total. The summed E-state index contributed by atoms with van der Waals surface area (Å²) in [5.74, 6) is -0.200. The van der Waals surface area contributed by atoms with Crippen molar-refractivity contribution in [3.05, 3.63) is 40.7 Å². The predicted molar refractivity (Wildman–Crippen MR) is 86.9 cm³/mol. The van der Waals surface area contributed by atoms with Gasteiger partial charge >= 0.3 is 0 Å². The first-order valence-electron chi connectivity index (χ1n) is 7.96. The van der Waals surface area contributed by atoms with Gasteiger partial charge in [0, 0.05) is 13.2 Å². The zero-order valence-corrected chi connectivity index (χ0v) is 13.8. The van der Waals surface area contributed by atoms with Crippen molar-refractivity contribution in [1.82, 2.24) is 20.3 Å². The maximum absolute atomic E-state index is 12.3. The molecule has 1 saturated heterocycles. The molecular formula is C17H22N4O2. The Kier molecular flexibility index (Phi) is 4.43. The Labute approximate surface area is 135 Å². The summed E-state index contributed by atoms with van der Waals surface area (Å²) in [6, 6.07) is 6.12. The summed E-state index contributed by atoms with van der Waals surface area (Å²) in [4.78, 5) is 12.3. The zero-order chi connectivity index (χ0) is 16.4. The van der Waals surface area contributed by atoms with Crippen LogP contribution in [-0.4, -0.2) is 40.2 Å². The standard InChI is InChI=1S/C17H22N4O2/c1-11-6-7-15(12(2)9-11)21-13(3)16(19-20-21)17(22)18-10-14-5-4-8-23-14/h6-7,9,14H,4-5,8,10H2,1-3H3,(H,18,22). The molecule has 6 heteroatoms. The zero-order valence-electron chi connectivity index (χ0n) is 13.8. The van der Waals surface area contributed by atoms with Crippen LogP contribution in [0.5, 0.6) is 0 Å². The van der Waals surface area contributed by atoms with Crippen molar-refractivity contribution in [2.24, 2.45) is 0 Å². The van der Waals surface area contributed by atoms with E-state index in [9.17, 15) is 4.79 Å². The van der Waals surface area contributed by atoms with Crippen LogP contribution >= 0.6 is 0 Å². The van der Waals surface area contributed by atoms with Crippen molar-refractivity contribution in [2.45, 2.75) is 39.7 Å². The Morgan fingerprint density at radius 2 is 2.22 bits per heavy atom. The fourth-order valence-electron chi connectivity index (χ4n) is 2.91. The Morgan fingerprint density at radius 3 is 2.91 bits per heavy atom. The lowest BCUT2D eigenvalue weighted by Gasteiger charge is -2.10. The van der Waals surface area contributed by atoms with Gasteiger partial charge in [-0.3, -0.25) is 4.79 Å². The summed E-state index contributed by atoms with van der Waals surface area (Å²) in [5, 5.41) is 11.1. The van der Waals surface area contributed by atoms with Crippen molar-refractivity contribution in [2.75, 3.05) is 13.2 Å². The monoisotopic (exact) mass is 314 g/mol. The molecule has 0 saturated carbocycles. The molecule has 0 bridgehead atoms. The number of aromatic nitrogens is 3. The van der Waals surface area contributed by atoms with Crippen LogP contribution in [0.4, 0.5) is 0 Å². The molecule has 0 aliphatic carbocycles. The first-order valence-corrected chi connectivity index (χ1v) is 7.96. The maximum Gasteiger partial charge on any atom is 0.273 e. The van der Waals surface area contributed by atoms with Gasteiger partial charge in [0.1, 0.15) is 0 Å². The second kappa shape index (κ2) is 6.50. The smallest absolute Gasteiger partial charge is 0.273 e. The van der Waals surface area contributed by atoms with Gasteiger partial charge in [0.2, 0.25) is 0 Å². The Hall–Kier alpha value is -2.21. The quantitative estimate of drug-likeness (QED) is 0.938. The van der Waals surface area contributed by atoms with Gasteiger partial charge in [-0.1, -0.05) is 22.9 Å². The van der Waals surface area contributed by atoms with E-state index >= 15 is 0 Å². The molecule has 2 heterocycles. The molecule has 1 N–H and O–H groups in total. The lowest BCUT2D eigenvalue weighted by Crippen LogP contribution is -2.32. The second-order valence-corrected chi connectivity index (χ2v) is 6.07. The largest absolute Gasteiger partial charge is 0.376 e. The van der Waals surface area contributed by atoms with Gasteiger partial charge in [0.15, 0.2) is 5.69 Å². The van der Waals surface area contributed by atoms with Gasteiger partial charge in [-0.05, 0) is 45.2 Å². The number of hydrogen-bond donors (Lipinski definition) is 1. The van der Waals surface area contributed by atoms with E-state index < -0.39 is 0 Å². The van der Waals surface area contributed by atoms with E-state index in [2.05, 4.69) is 28.6 Å². The number of rotatable bonds is 4. The molecule has 1 aromatic carbocycles. The molecule has 0 spiro atoms. The van der Waals surface area contributed by atoms with Gasteiger partial charge < -0.3 is 10.1 Å². The summed E-state index contributed by atoms with van der Waals surface area (Å²) >= 11 is 0. The highest BCUT2D eigenvalue weighted by Crippen LogP contribution is 2.18. The van der Waals surface area contributed by atoms with Gasteiger partial charge in [-0.2, -0.15) is 0 Å². The molecule has 1 aliphatic heterocycles. The maximum atomic E-state index is 12.3. The molecule has 1 fully saturated rings. The normalized spacial score (nSPS) is 17.4. The Balaban J connectivity index is 1.77. The molecule has 1 aromatic heterocycles. The second-order valence-electron chi connectivity index (χ2n) is 6.07. The van der Waals surface area contributed by atoms with Crippen molar-refractivity contribution in [3.8, 4) is 5.69 Å². The predicted octanol–water partition coefficient (Wildman–Crippen LogP) is 2.10. The highest BCUT2D eigenvalue weighted by Gasteiger charge is 2.21. The number of carbonyl (C=O) groups is 1. The van der Waals surface area contributed by atoms with E-state index in [1.807, 2.05) is 26.0 Å². The average molecular weight is 314 g/mol. The number of nitrogens with one attached hydrogen (secondary N) is 1. The van der Waals surface area contributed by atoms with E-state index in [0.717, 1.165) is 36.4 Å². The van der Waals surface area contributed by atoms with E-state index in [1.165, 1.54) is 5.56 Å². The van der Waals surface area contributed by atoms with E-state index in [-0.39, 0.29) is 12.0 Å². The van der Waals surface area contributed by atoms with Crippen molar-refractivity contribution >= 4 is 5.91 Å². The van der Waals surface area contributed by atoms with Crippen LogP contribution in [0.3, 0.4) is 0 Å². The summed E-state index contributed by atoms with van der Waals surface area (Å²) < 4.78 is 7.23. The molecule has 23 heavy (non-hydrogen) atoms. The van der Waals surface area contributed by atoms with Crippen LogP contribution in [0, 0.1) is 20.8 Å². The minimum atomic E-state index is -0.200. The number of hydrogen-bond acceptors (Lipinski definition) is 4. The number of ether oxygens (including phenoxy) is 1. The fourth-order valence-corrected chi connectivity index (χ4v) is 2.91. The van der Waals surface area contributed by atoms with Gasteiger partial charge in [0.25, 0.3) is 5.91 Å². The summed E-state index contributed by atoms with van der Waals surface area (Å²) in [6.45, 7) is 7.24. The molecule has 1 unspecified atom stereocenters. The topological polar surface area (TPSA) is 69.0 Å². The molecule has 1 aliphatic rings. The molecule has 2 aromatic rings. The highest BCUT2D eigenvalue weighted by atomic mass is 16.5. The number of benzene rings is 1. The number of carbonyl (C=O) groups excluding carboxylic acids is 1. The van der Waals surface area contributed by atoms with Crippen LogP contribution in [0.2, 0.25) is 0 Å². The van der Waals surface area contributed by atoms with Crippen LogP contribution in [-0.2, 0) is 4.74 Å². The summed E-state index contributed by atoms with van der Waals surface area (Å²) in [7, 11) is 0. The van der Waals surface area contributed by atoms with Gasteiger partial charge in [-0.25, -0.2) is 4.68 Å². The molecule has 3 rings (SSSR count). The lowest BCUT2D eigenvalue weighted by atomic mass is 10.1. The molecule has 122 valence electrons. The van der Waals surface area contributed by atoms with E-state index in [4.69, 9.17) is 4.74 Å². The van der Waals surface area contributed by atoms with Crippen molar-refractivity contribution in [3.63, 3.8) is 0 Å². The van der Waals surface area contributed by atoms with Crippen LogP contribution < -0.4 is 5.32 Å². The van der Waals surface area contributed by atoms with Crippen molar-refractivity contribution in [1.29, 1.82) is 0 Å². The van der Waals surface area contributed by atoms with Gasteiger partial charge in [-0.15, -0.1) is 5.10 Å². The first-order chi connectivity index (χ1) is 11.1. The van der Waals surface area contributed by atoms with Crippen molar-refractivity contribution < 1.29 is 9.53 Å². The summed E-state index contributed by atoms with van der Waals surface area (Å²) in [6.07, 6.45) is 2.17. The first kappa shape index (κ1) is 15.7. The third kappa shape index (κ3) is 3.27. The molecule has 1 amide bonds. The number of aryl methyl sites for hydroxylation is 2. The minimum Gasteiger partial charge on any atom is -0.376 e. The molecule has 0 radical (unpaired) electrons. The Bertz CT molecular complexity index is 717. The minimum absolute atomic E-state index is 0.119. The van der Waals surface area contributed by atoms with E-state index in [1.54, 1.807) is 4.68 Å². The third-order valence-electron chi connectivity index (χ3n) is 4.20.